The van der Waals surface area contributed by atoms with Gasteiger partial charge in [0.15, 0.2) is 11.5 Å². The van der Waals surface area contributed by atoms with Gasteiger partial charge in [-0.15, -0.1) is 5.92 Å². The van der Waals surface area contributed by atoms with Crippen LogP contribution in [0.1, 0.15) is 12.5 Å². The van der Waals surface area contributed by atoms with Crippen molar-refractivity contribution in [1.29, 1.82) is 0 Å². The van der Waals surface area contributed by atoms with E-state index in [4.69, 9.17) is 21.1 Å². The van der Waals surface area contributed by atoms with Crippen LogP contribution in [0.4, 0.5) is 0 Å². The van der Waals surface area contributed by atoms with Gasteiger partial charge in [0.1, 0.15) is 0 Å². The number of nitrogens with one attached hydrogen (secondary N) is 1. The predicted molar refractivity (Wildman–Crippen MR) is 69.7 cm³/mol. The molecule has 0 saturated carbocycles. The monoisotopic (exact) mass is 253 g/mol. The number of hydrogen-bond donors (Lipinski definition) is 1. The Balaban J connectivity index is 2.79. The van der Waals surface area contributed by atoms with Crippen molar-refractivity contribution in [3.05, 3.63) is 22.7 Å². The first-order valence-electron chi connectivity index (χ1n) is 5.23. The first-order chi connectivity index (χ1) is 8.22. The SMILES string of the molecule is CC#CCNCc1cc(Cl)c(OC)c(OC)c1. The van der Waals surface area contributed by atoms with Gasteiger partial charge in [-0.2, -0.15) is 0 Å². The Hall–Kier alpha value is -1.37. The molecule has 17 heavy (non-hydrogen) atoms. The molecule has 0 heterocycles. The van der Waals surface area contributed by atoms with Crippen molar-refractivity contribution in [2.24, 2.45) is 0 Å². The van der Waals surface area contributed by atoms with Crippen LogP contribution in [-0.4, -0.2) is 20.8 Å². The van der Waals surface area contributed by atoms with E-state index < -0.39 is 0 Å². The van der Waals surface area contributed by atoms with E-state index in [1.165, 1.54) is 0 Å². The number of benzene rings is 1. The predicted octanol–water partition coefficient (Wildman–Crippen LogP) is 2.47. The fourth-order valence-electron chi connectivity index (χ4n) is 1.43. The van der Waals surface area contributed by atoms with Gasteiger partial charge in [-0.25, -0.2) is 0 Å². The van der Waals surface area contributed by atoms with Crippen LogP contribution in [0, 0.1) is 11.8 Å². The molecule has 92 valence electrons. The van der Waals surface area contributed by atoms with Gasteiger partial charge in [-0.1, -0.05) is 17.5 Å². The van der Waals surface area contributed by atoms with Gasteiger partial charge < -0.3 is 14.8 Å². The van der Waals surface area contributed by atoms with Gasteiger partial charge in [-0.05, 0) is 24.6 Å². The summed E-state index contributed by atoms with van der Waals surface area (Å²) in [7, 11) is 3.16. The molecule has 0 radical (unpaired) electrons. The fourth-order valence-corrected chi connectivity index (χ4v) is 1.74. The van der Waals surface area contributed by atoms with Crippen LogP contribution in [0.15, 0.2) is 12.1 Å². The van der Waals surface area contributed by atoms with Crippen molar-refractivity contribution in [3.63, 3.8) is 0 Å². The Bertz CT molecular complexity index is 435. The van der Waals surface area contributed by atoms with Crippen LogP contribution < -0.4 is 14.8 Å². The third kappa shape index (κ3) is 3.85. The molecular weight excluding hydrogens is 238 g/mol. The molecule has 0 aliphatic carbocycles. The minimum absolute atomic E-state index is 0.547. The summed E-state index contributed by atoms with van der Waals surface area (Å²) in [5.41, 5.74) is 1.03. The van der Waals surface area contributed by atoms with E-state index in [-0.39, 0.29) is 0 Å². The van der Waals surface area contributed by atoms with Crippen LogP contribution >= 0.6 is 11.6 Å². The molecule has 1 N–H and O–H groups in total. The van der Waals surface area contributed by atoms with E-state index in [1.54, 1.807) is 14.2 Å². The van der Waals surface area contributed by atoms with Crippen molar-refractivity contribution in [2.45, 2.75) is 13.5 Å². The summed E-state index contributed by atoms with van der Waals surface area (Å²) in [6.07, 6.45) is 0. The lowest BCUT2D eigenvalue weighted by Gasteiger charge is -2.11. The maximum atomic E-state index is 6.09. The standard InChI is InChI=1S/C13H16ClNO2/c1-4-5-6-15-9-10-7-11(14)13(17-3)12(8-10)16-2/h7-8,15H,6,9H2,1-3H3. The summed E-state index contributed by atoms with van der Waals surface area (Å²) < 4.78 is 10.4. The zero-order valence-corrected chi connectivity index (χ0v) is 11.0. The molecule has 0 aliphatic heterocycles. The molecule has 0 spiro atoms. The van der Waals surface area contributed by atoms with Gasteiger partial charge in [-0.3, -0.25) is 0 Å². The van der Waals surface area contributed by atoms with E-state index >= 15 is 0 Å². The highest BCUT2D eigenvalue weighted by atomic mass is 35.5. The molecule has 0 saturated heterocycles. The maximum Gasteiger partial charge on any atom is 0.179 e. The molecule has 0 atom stereocenters. The molecule has 3 nitrogen and oxygen atoms in total. The van der Waals surface area contributed by atoms with Crippen LogP contribution in [0.25, 0.3) is 0 Å². The third-order valence-corrected chi connectivity index (χ3v) is 2.49. The topological polar surface area (TPSA) is 30.5 Å². The molecule has 0 unspecified atom stereocenters. The first kappa shape index (κ1) is 13.7. The second-order valence-electron chi connectivity index (χ2n) is 3.34. The highest BCUT2D eigenvalue weighted by Gasteiger charge is 2.10. The van der Waals surface area contributed by atoms with Crippen LogP contribution in [-0.2, 0) is 6.54 Å². The molecule has 1 rings (SSSR count). The van der Waals surface area contributed by atoms with Crippen molar-refractivity contribution < 1.29 is 9.47 Å². The lowest BCUT2D eigenvalue weighted by molar-refractivity contribution is 0.354. The average Bonchev–Trinajstić information content (AvgIpc) is 2.34. The van der Waals surface area contributed by atoms with Crippen molar-refractivity contribution in [2.75, 3.05) is 20.8 Å². The summed E-state index contributed by atoms with van der Waals surface area (Å²) in [5.74, 6) is 6.96. The molecule has 0 fully saturated rings. The minimum Gasteiger partial charge on any atom is -0.493 e. The lowest BCUT2D eigenvalue weighted by atomic mass is 10.2. The summed E-state index contributed by atoms with van der Waals surface area (Å²) in [5, 5.41) is 3.74. The quantitative estimate of drug-likeness (QED) is 0.646. The molecule has 0 bridgehead atoms. The van der Waals surface area contributed by atoms with E-state index in [0.717, 1.165) is 5.56 Å². The van der Waals surface area contributed by atoms with Crippen molar-refractivity contribution >= 4 is 11.6 Å². The summed E-state index contributed by atoms with van der Waals surface area (Å²) in [6, 6.07) is 3.76. The largest absolute Gasteiger partial charge is 0.493 e. The van der Waals surface area contributed by atoms with Crippen molar-refractivity contribution in [3.8, 4) is 23.3 Å². The van der Waals surface area contributed by atoms with Gasteiger partial charge in [0.25, 0.3) is 0 Å². The van der Waals surface area contributed by atoms with Gasteiger partial charge >= 0.3 is 0 Å². The highest BCUT2D eigenvalue weighted by molar-refractivity contribution is 6.32. The number of ether oxygens (including phenoxy) is 2. The molecule has 0 aliphatic rings. The Morgan fingerprint density at radius 2 is 2.06 bits per heavy atom. The number of halogens is 1. The molecule has 0 amide bonds. The van der Waals surface area contributed by atoms with Crippen LogP contribution in [0.3, 0.4) is 0 Å². The maximum absolute atomic E-state index is 6.09. The smallest absolute Gasteiger partial charge is 0.179 e. The van der Waals surface area contributed by atoms with Crippen LogP contribution in [0.5, 0.6) is 11.5 Å². The Morgan fingerprint density at radius 3 is 2.65 bits per heavy atom. The normalized spacial score (nSPS) is 9.41. The zero-order valence-electron chi connectivity index (χ0n) is 10.3. The lowest BCUT2D eigenvalue weighted by Crippen LogP contribution is -2.13. The summed E-state index contributed by atoms with van der Waals surface area (Å²) >= 11 is 6.09. The summed E-state index contributed by atoms with van der Waals surface area (Å²) in [4.78, 5) is 0. The number of methoxy groups -OCH3 is 2. The number of hydrogen-bond acceptors (Lipinski definition) is 3. The second kappa shape index (κ2) is 7.05. The van der Waals surface area contributed by atoms with Crippen molar-refractivity contribution in [1.82, 2.24) is 5.32 Å². The average molecular weight is 254 g/mol. The van der Waals surface area contributed by atoms with Gasteiger partial charge in [0, 0.05) is 6.54 Å². The Labute approximate surface area is 107 Å². The third-order valence-electron chi connectivity index (χ3n) is 2.21. The zero-order chi connectivity index (χ0) is 12.7. The highest BCUT2D eigenvalue weighted by Crippen LogP contribution is 2.35. The minimum atomic E-state index is 0.547. The van der Waals surface area contributed by atoms with E-state index in [9.17, 15) is 0 Å². The first-order valence-corrected chi connectivity index (χ1v) is 5.61. The van der Waals surface area contributed by atoms with Crippen LogP contribution in [0.2, 0.25) is 5.02 Å². The molecular formula is C13H16ClNO2. The molecule has 1 aromatic rings. The molecule has 4 heteroatoms. The molecule has 1 aromatic carbocycles. The van der Waals surface area contributed by atoms with Gasteiger partial charge in [0.2, 0.25) is 0 Å². The van der Waals surface area contributed by atoms with E-state index in [0.29, 0.717) is 29.6 Å². The Morgan fingerprint density at radius 1 is 1.29 bits per heavy atom. The number of rotatable bonds is 5. The fraction of sp³-hybridized carbons (Fsp3) is 0.385. The Kier molecular flexibility index (Phi) is 5.68. The van der Waals surface area contributed by atoms with E-state index in [2.05, 4.69) is 17.2 Å². The van der Waals surface area contributed by atoms with Gasteiger partial charge in [0.05, 0.1) is 25.8 Å². The van der Waals surface area contributed by atoms with E-state index in [1.807, 2.05) is 19.1 Å². The summed E-state index contributed by atoms with van der Waals surface area (Å²) in [6.45, 7) is 3.16. The second-order valence-corrected chi connectivity index (χ2v) is 3.75. The molecule has 0 aromatic heterocycles.